The van der Waals surface area contributed by atoms with Crippen LogP contribution in [0.15, 0.2) is 47.8 Å². The van der Waals surface area contributed by atoms with Crippen molar-refractivity contribution >= 4 is 23.2 Å². The number of carbonyl (C=O) groups is 1. The Kier molecular flexibility index (Phi) is 4.71. The molecule has 0 bridgehead atoms. The Labute approximate surface area is 143 Å². The zero-order valence-electron chi connectivity index (χ0n) is 13.6. The molecular weight excluding hydrogens is 326 g/mol. The van der Waals surface area contributed by atoms with Crippen molar-refractivity contribution in [1.29, 1.82) is 0 Å². The number of aromatic nitrogens is 3. The topological polar surface area (TPSA) is 65.7 Å². The summed E-state index contributed by atoms with van der Waals surface area (Å²) in [5, 5.41) is 8.63. The van der Waals surface area contributed by atoms with Crippen LogP contribution in [0.4, 0.5) is 0 Å². The molecule has 0 aliphatic carbocycles. The summed E-state index contributed by atoms with van der Waals surface area (Å²) < 4.78 is 12.3. The lowest BCUT2D eigenvalue weighted by Crippen LogP contribution is -2.14. The monoisotopic (exact) mass is 343 g/mol. The van der Waals surface area contributed by atoms with Crippen molar-refractivity contribution in [3.8, 4) is 11.5 Å². The van der Waals surface area contributed by atoms with Crippen molar-refractivity contribution in [2.75, 3.05) is 14.2 Å². The van der Waals surface area contributed by atoms with E-state index in [4.69, 9.17) is 9.47 Å². The number of hydrogen-bond acceptors (Lipinski definition) is 6. The molecular formula is C17H17N3O3S. The molecule has 3 aromatic rings. The molecule has 2 heterocycles. The fourth-order valence-electron chi connectivity index (χ4n) is 2.34. The molecule has 1 atom stereocenters. The Balaban J connectivity index is 1.82. The molecule has 0 saturated heterocycles. The van der Waals surface area contributed by atoms with E-state index in [-0.39, 0.29) is 11.0 Å². The highest BCUT2D eigenvalue weighted by atomic mass is 32.2. The van der Waals surface area contributed by atoms with Crippen molar-refractivity contribution in [2.24, 2.45) is 0 Å². The number of thioether (sulfide) groups is 1. The van der Waals surface area contributed by atoms with Crippen LogP contribution in [0, 0.1) is 0 Å². The number of hydrogen-bond donors (Lipinski definition) is 0. The maximum atomic E-state index is 12.7. The lowest BCUT2D eigenvalue weighted by atomic mass is 10.1. The smallest absolute Gasteiger partial charge is 0.196 e. The minimum atomic E-state index is -0.310. The van der Waals surface area contributed by atoms with E-state index >= 15 is 0 Å². The molecule has 0 aliphatic heterocycles. The van der Waals surface area contributed by atoms with E-state index in [9.17, 15) is 4.79 Å². The molecule has 0 spiro atoms. The summed E-state index contributed by atoms with van der Waals surface area (Å²) in [7, 11) is 3.11. The van der Waals surface area contributed by atoms with E-state index in [0.29, 0.717) is 22.2 Å². The molecule has 0 aliphatic rings. The molecule has 124 valence electrons. The van der Waals surface area contributed by atoms with Gasteiger partial charge in [-0.25, -0.2) is 0 Å². The van der Waals surface area contributed by atoms with Gasteiger partial charge in [0.2, 0.25) is 0 Å². The number of ether oxygens (including phenoxy) is 2. The average Bonchev–Trinajstić information content (AvgIpc) is 3.03. The number of pyridine rings is 1. The maximum Gasteiger partial charge on any atom is 0.196 e. The number of rotatable bonds is 6. The number of benzene rings is 1. The lowest BCUT2D eigenvalue weighted by Gasteiger charge is -2.12. The fraction of sp³-hybridized carbons (Fsp3) is 0.235. The number of carbonyl (C=O) groups excluding carboxylic acids is 1. The molecule has 0 amide bonds. The van der Waals surface area contributed by atoms with Gasteiger partial charge in [-0.05, 0) is 37.3 Å². The number of ketones is 1. The Bertz CT molecular complexity index is 878. The zero-order chi connectivity index (χ0) is 17.1. The zero-order valence-corrected chi connectivity index (χ0v) is 14.4. The lowest BCUT2D eigenvalue weighted by molar-refractivity contribution is 0.0993. The van der Waals surface area contributed by atoms with Crippen LogP contribution in [0.3, 0.4) is 0 Å². The summed E-state index contributed by atoms with van der Waals surface area (Å²) >= 11 is 1.37. The van der Waals surface area contributed by atoms with Crippen LogP contribution in [-0.2, 0) is 0 Å². The van der Waals surface area contributed by atoms with Gasteiger partial charge in [0.15, 0.2) is 28.1 Å². The first kappa shape index (κ1) is 16.3. The van der Waals surface area contributed by atoms with Gasteiger partial charge in [-0.2, -0.15) is 0 Å². The summed E-state index contributed by atoms with van der Waals surface area (Å²) in [5.74, 6) is 1.12. The van der Waals surface area contributed by atoms with Gasteiger partial charge in [0.05, 0.1) is 19.5 Å². The molecule has 24 heavy (non-hydrogen) atoms. The molecule has 2 aromatic heterocycles. The minimum Gasteiger partial charge on any atom is -0.493 e. The molecule has 0 unspecified atom stereocenters. The third-order valence-corrected chi connectivity index (χ3v) is 4.66. The second-order valence-corrected chi connectivity index (χ2v) is 6.41. The van der Waals surface area contributed by atoms with Crippen LogP contribution in [0.5, 0.6) is 11.5 Å². The molecule has 7 heteroatoms. The van der Waals surface area contributed by atoms with Crippen LogP contribution in [0.1, 0.15) is 17.3 Å². The van der Waals surface area contributed by atoms with E-state index in [1.165, 1.54) is 11.8 Å². The van der Waals surface area contributed by atoms with Gasteiger partial charge in [0.25, 0.3) is 0 Å². The molecule has 3 rings (SSSR count). The molecule has 0 radical (unpaired) electrons. The molecule has 0 N–H and O–H groups in total. The van der Waals surface area contributed by atoms with Crippen molar-refractivity contribution in [3.05, 3.63) is 48.2 Å². The van der Waals surface area contributed by atoms with Gasteiger partial charge in [0.1, 0.15) is 0 Å². The molecule has 0 saturated carbocycles. The summed E-state index contributed by atoms with van der Waals surface area (Å²) in [6, 6.07) is 10.8. The first-order valence-electron chi connectivity index (χ1n) is 7.36. The summed E-state index contributed by atoms with van der Waals surface area (Å²) in [6.45, 7) is 1.85. The van der Waals surface area contributed by atoms with E-state index in [0.717, 1.165) is 5.65 Å². The van der Waals surface area contributed by atoms with Gasteiger partial charge < -0.3 is 9.47 Å². The summed E-state index contributed by atoms with van der Waals surface area (Å²) in [4.78, 5) is 12.7. The van der Waals surface area contributed by atoms with Gasteiger partial charge in [-0.1, -0.05) is 17.8 Å². The van der Waals surface area contributed by atoms with E-state index in [1.54, 1.807) is 32.4 Å². The summed E-state index contributed by atoms with van der Waals surface area (Å²) in [6.07, 6.45) is 1.88. The van der Waals surface area contributed by atoms with Gasteiger partial charge in [-0.15, -0.1) is 10.2 Å². The summed E-state index contributed by atoms with van der Waals surface area (Å²) in [5.41, 5.74) is 1.33. The Morgan fingerprint density at radius 1 is 1.12 bits per heavy atom. The number of nitrogens with zero attached hydrogens (tertiary/aromatic N) is 3. The number of fused-ring (bicyclic) bond motifs is 1. The van der Waals surface area contributed by atoms with Crippen molar-refractivity contribution in [2.45, 2.75) is 17.3 Å². The first-order valence-corrected chi connectivity index (χ1v) is 8.24. The van der Waals surface area contributed by atoms with Crippen LogP contribution in [-0.4, -0.2) is 39.9 Å². The molecule has 1 aromatic carbocycles. The van der Waals surface area contributed by atoms with Gasteiger partial charge in [-0.3, -0.25) is 9.20 Å². The second kappa shape index (κ2) is 6.92. The largest absolute Gasteiger partial charge is 0.493 e. The second-order valence-electron chi connectivity index (χ2n) is 5.11. The van der Waals surface area contributed by atoms with E-state index in [2.05, 4.69) is 10.2 Å². The predicted molar refractivity (Wildman–Crippen MR) is 92.2 cm³/mol. The SMILES string of the molecule is COc1ccc(C(=O)[C@@H](C)Sc2nnc3ccccn23)cc1OC. The van der Waals surface area contributed by atoms with Crippen LogP contribution < -0.4 is 9.47 Å². The third kappa shape index (κ3) is 3.07. The average molecular weight is 343 g/mol. The van der Waals surface area contributed by atoms with Crippen molar-refractivity contribution < 1.29 is 14.3 Å². The Morgan fingerprint density at radius 2 is 1.92 bits per heavy atom. The highest BCUT2D eigenvalue weighted by Crippen LogP contribution is 2.30. The van der Waals surface area contributed by atoms with E-state index in [1.807, 2.05) is 35.7 Å². The highest BCUT2D eigenvalue weighted by molar-refractivity contribution is 8.00. The number of Topliss-reactive ketones (excluding diaryl/α,β-unsaturated/α-hetero) is 1. The van der Waals surface area contributed by atoms with Crippen LogP contribution >= 0.6 is 11.8 Å². The van der Waals surface area contributed by atoms with Crippen molar-refractivity contribution in [1.82, 2.24) is 14.6 Å². The van der Waals surface area contributed by atoms with Crippen molar-refractivity contribution in [3.63, 3.8) is 0 Å². The third-order valence-electron chi connectivity index (χ3n) is 3.60. The standard InChI is InChI=1S/C17H17N3O3S/c1-11(24-17-19-18-15-6-4-5-9-20(15)17)16(21)12-7-8-13(22-2)14(10-12)23-3/h4-11H,1-3H3/t11-/m1/s1. The number of methoxy groups -OCH3 is 2. The van der Waals surface area contributed by atoms with Gasteiger partial charge >= 0.3 is 0 Å². The van der Waals surface area contributed by atoms with E-state index < -0.39 is 0 Å². The van der Waals surface area contributed by atoms with Crippen LogP contribution in [0.2, 0.25) is 0 Å². The molecule has 6 nitrogen and oxygen atoms in total. The normalized spacial score (nSPS) is 12.1. The highest BCUT2D eigenvalue weighted by Gasteiger charge is 2.20. The Morgan fingerprint density at radius 3 is 2.67 bits per heavy atom. The predicted octanol–water partition coefficient (Wildman–Crippen LogP) is 3.11. The minimum absolute atomic E-state index is 0.00589. The quantitative estimate of drug-likeness (QED) is 0.506. The Hall–Kier alpha value is -2.54. The maximum absolute atomic E-state index is 12.7. The molecule has 0 fully saturated rings. The van der Waals surface area contributed by atoms with Crippen LogP contribution in [0.25, 0.3) is 5.65 Å². The fourth-order valence-corrected chi connectivity index (χ4v) is 3.25. The van der Waals surface area contributed by atoms with Gasteiger partial charge in [0, 0.05) is 11.8 Å². The first-order chi connectivity index (χ1) is 11.6.